The summed E-state index contributed by atoms with van der Waals surface area (Å²) in [6, 6.07) is 21.1. The summed E-state index contributed by atoms with van der Waals surface area (Å²) in [5.41, 5.74) is 2.40. The van der Waals surface area contributed by atoms with Gasteiger partial charge in [0.15, 0.2) is 11.5 Å². The van der Waals surface area contributed by atoms with Crippen molar-refractivity contribution >= 4 is 21.0 Å². The van der Waals surface area contributed by atoms with E-state index in [0.717, 1.165) is 28.5 Å². The number of hydrogen-bond donors (Lipinski definition) is 1. The van der Waals surface area contributed by atoms with Crippen molar-refractivity contribution in [2.75, 3.05) is 13.2 Å². The molecular formula is C25H23NO5S. The lowest BCUT2D eigenvalue weighted by molar-refractivity contribution is 0.297. The first-order chi connectivity index (χ1) is 15.5. The number of aryl methyl sites for hydroxylation is 1. The summed E-state index contributed by atoms with van der Waals surface area (Å²) in [5.74, 6) is 1.55. The maximum atomic E-state index is 13.4. The van der Waals surface area contributed by atoms with Crippen molar-refractivity contribution in [1.29, 1.82) is 0 Å². The largest absolute Gasteiger partial charge is 0.490 e. The van der Waals surface area contributed by atoms with Crippen LogP contribution in [0.1, 0.15) is 29.3 Å². The van der Waals surface area contributed by atoms with E-state index in [1.807, 2.05) is 61.5 Å². The Morgan fingerprint density at radius 3 is 2.38 bits per heavy atom. The number of furan rings is 1. The van der Waals surface area contributed by atoms with E-state index < -0.39 is 16.1 Å². The van der Waals surface area contributed by atoms with Crippen LogP contribution in [0.4, 0.5) is 0 Å². The number of nitrogens with one attached hydrogen (secondary N) is 1. The first-order valence-electron chi connectivity index (χ1n) is 10.5. The number of fused-ring (bicyclic) bond motifs is 2. The number of para-hydroxylation sites is 1. The lowest BCUT2D eigenvalue weighted by atomic mass is 10.0. The van der Waals surface area contributed by atoms with Gasteiger partial charge < -0.3 is 13.9 Å². The molecule has 32 heavy (non-hydrogen) atoms. The maximum absolute atomic E-state index is 13.4. The van der Waals surface area contributed by atoms with Crippen LogP contribution >= 0.6 is 0 Å². The van der Waals surface area contributed by atoms with Crippen LogP contribution in [0.3, 0.4) is 0 Å². The zero-order valence-electron chi connectivity index (χ0n) is 17.6. The van der Waals surface area contributed by atoms with Crippen LogP contribution in [0.5, 0.6) is 11.5 Å². The molecule has 6 nitrogen and oxygen atoms in total. The van der Waals surface area contributed by atoms with Gasteiger partial charge in [-0.15, -0.1) is 0 Å². The monoisotopic (exact) mass is 449 g/mol. The minimum atomic E-state index is -3.90. The Morgan fingerprint density at radius 2 is 1.59 bits per heavy atom. The van der Waals surface area contributed by atoms with Crippen molar-refractivity contribution in [1.82, 2.24) is 4.72 Å². The van der Waals surface area contributed by atoms with E-state index in [1.165, 1.54) is 12.1 Å². The topological polar surface area (TPSA) is 77.8 Å². The van der Waals surface area contributed by atoms with E-state index in [2.05, 4.69) is 4.72 Å². The van der Waals surface area contributed by atoms with Crippen LogP contribution < -0.4 is 14.2 Å². The molecule has 0 spiro atoms. The summed E-state index contributed by atoms with van der Waals surface area (Å²) in [6.07, 6.45) is 0.746. The molecule has 4 aromatic rings. The van der Waals surface area contributed by atoms with Gasteiger partial charge in [-0.3, -0.25) is 0 Å². The third-order valence-corrected chi connectivity index (χ3v) is 7.00. The van der Waals surface area contributed by atoms with Gasteiger partial charge in [0, 0.05) is 23.4 Å². The molecule has 7 heteroatoms. The van der Waals surface area contributed by atoms with Crippen LogP contribution in [0, 0.1) is 6.92 Å². The average Bonchev–Trinajstić information content (AvgIpc) is 2.98. The number of benzene rings is 3. The lowest BCUT2D eigenvalue weighted by Crippen LogP contribution is -2.29. The van der Waals surface area contributed by atoms with Crippen LogP contribution in [0.15, 0.2) is 82.1 Å². The summed E-state index contributed by atoms with van der Waals surface area (Å²) in [4.78, 5) is 0.108. The Kier molecular flexibility index (Phi) is 5.36. The van der Waals surface area contributed by atoms with Crippen molar-refractivity contribution < 1.29 is 22.3 Å². The second-order valence-corrected chi connectivity index (χ2v) is 9.43. The van der Waals surface area contributed by atoms with E-state index in [4.69, 9.17) is 13.9 Å². The van der Waals surface area contributed by atoms with Crippen LogP contribution in [0.25, 0.3) is 11.0 Å². The molecule has 1 aliphatic rings. The Morgan fingerprint density at radius 1 is 0.875 bits per heavy atom. The molecule has 5 rings (SSSR count). The van der Waals surface area contributed by atoms with Crippen LogP contribution in [-0.2, 0) is 10.0 Å². The molecule has 0 saturated carbocycles. The smallest absolute Gasteiger partial charge is 0.241 e. The number of sulfonamides is 1. The normalized spacial score (nSPS) is 14.8. The molecule has 2 heterocycles. The predicted octanol–water partition coefficient (Wildman–Crippen LogP) is 4.97. The van der Waals surface area contributed by atoms with E-state index in [0.29, 0.717) is 30.5 Å². The quantitative estimate of drug-likeness (QED) is 0.465. The summed E-state index contributed by atoms with van der Waals surface area (Å²) < 4.78 is 47.2. The zero-order valence-corrected chi connectivity index (χ0v) is 18.4. The fraction of sp³-hybridized carbons (Fsp3) is 0.200. The van der Waals surface area contributed by atoms with Crippen LogP contribution in [0.2, 0.25) is 0 Å². The number of rotatable bonds is 5. The number of hydrogen-bond acceptors (Lipinski definition) is 5. The van der Waals surface area contributed by atoms with Gasteiger partial charge in [0.05, 0.1) is 18.1 Å². The Balaban J connectivity index is 1.57. The lowest BCUT2D eigenvalue weighted by Gasteiger charge is -2.19. The van der Waals surface area contributed by atoms with E-state index in [1.54, 1.807) is 6.07 Å². The molecule has 0 amide bonds. The maximum Gasteiger partial charge on any atom is 0.241 e. The van der Waals surface area contributed by atoms with Gasteiger partial charge in [-0.2, -0.15) is 4.72 Å². The predicted molar refractivity (Wildman–Crippen MR) is 122 cm³/mol. The third kappa shape index (κ3) is 3.85. The molecule has 1 N–H and O–H groups in total. The molecule has 0 fully saturated rings. The molecule has 0 unspecified atom stereocenters. The Bertz CT molecular complexity index is 1360. The van der Waals surface area contributed by atoms with Crippen molar-refractivity contribution in [3.63, 3.8) is 0 Å². The van der Waals surface area contributed by atoms with Gasteiger partial charge in [-0.1, -0.05) is 48.5 Å². The average molecular weight is 450 g/mol. The molecule has 1 aliphatic heterocycles. The second kappa shape index (κ2) is 8.33. The third-order valence-electron chi connectivity index (χ3n) is 5.58. The van der Waals surface area contributed by atoms with E-state index in [9.17, 15) is 8.42 Å². The Hall–Kier alpha value is -3.29. The molecule has 0 radical (unpaired) electrons. The first kappa shape index (κ1) is 20.6. The number of ether oxygens (including phenoxy) is 2. The fourth-order valence-corrected chi connectivity index (χ4v) is 5.12. The highest BCUT2D eigenvalue weighted by Crippen LogP contribution is 2.35. The molecule has 1 aromatic heterocycles. The standard InChI is InChI=1S/C25H23NO5S/c1-17-20-10-5-6-11-21(20)31-25(17)24(18-8-3-2-4-9-18)26-32(27,28)19-12-13-22-23(16-19)30-15-7-14-29-22/h2-6,8-13,16,24,26H,7,14-15H2,1H3/t24-/m0/s1. The van der Waals surface area contributed by atoms with Gasteiger partial charge in [0.2, 0.25) is 10.0 Å². The molecule has 0 bridgehead atoms. The second-order valence-electron chi connectivity index (χ2n) is 7.71. The molecule has 164 valence electrons. The van der Waals surface area contributed by atoms with Crippen molar-refractivity contribution in [3.8, 4) is 11.5 Å². The van der Waals surface area contributed by atoms with E-state index in [-0.39, 0.29) is 4.90 Å². The fourth-order valence-electron chi connectivity index (χ4n) is 3.92. The van der Waals surface area contributed by atoms with Gasteiger partial charge in [-0.05, 0) is 30.7 Å². The molecule has 0 aliphatic carbocycles. The Labute approximate surface area is 186 Å². The van der Waals surface area contributed by atoms with Crippen molar-refractivity contribution in [2.24, 2.45) is 0 Å². The van der Waals surface area contributed by atoms with Crippen molar-refractivity contribution in [2.45, 2.75) is 24.3 Å². The highest BCUT2D eigenvalue weighted by atomic mass is 32.2. The first-order valence-corrected chi connectivity index (χ1v) is 12.0. The summed E-state index contributed by atoms with van der Waals surface area (Å²) >= 11 is 0. The zero-order chi connectivity index (χ0) is 22.1. The van der Waals surface area contributed by atoms with Crippen LogP contribution in [-0.4, -0.2) is 21.6 Å². The molecule has 0 saturated heterocycles. The minimum Gasteiger partial charge on any atom is -0.490 e. The SMILES string of the molecule is Cc1c([C@@H](NS(=O)(=O)c2ccc3c(c2)OCCCO3)c2ccccc2)oc2ccccc12. The van der Waals surface area contributed by atoms with Crippen molar-refractivity contribution in [3.05, 3.63) is 89.7 Å². The summed E-state index contributed by atoms with van der Waals surface area (Å²) in [6.45, 7) is 2.96. The summed E-state index contributed by atoms with van der Waals surface area (Å²) in [5, 5.41) is 0.957. The highest BCUT2D eigenvalue weighted by molar-refractivity contribution is 7.89. The van der Waals surface area contributed by atoms with Gasteiger partial charge >= 0.3 is 0 Å². The van der Waals surface area contributed by atoms with Gasteiger partial charge in [-0.25, -0.2) is 8.42 Å². The molecule has 3 aromatic carbocycles. The minimum absolute atomic E-state index is 0.108. The molecular weight excluding hydrogens is 426 g/mol. The molecule has 1 atom stereocenters. The van der Waals surface area contributed by atoms with Gasteiger partial charge in [0.1, 0.15) is 17.4 Å². The summed E-state index contributed by atoms with van der Waals surface area (Å²) in [7, 11) is -3.90. The highest BCUT2D eigenvalue weighted by Gasteiger charge is 2.28. The van der Waals surface area contributed by atoms with Gasteiger partial charge in [0.25, 0.3) is 0 Å². The van der Waals surface area contributed by atoms with E-state index >= 15 is 0 Å².